The summed E-state index contributed by atoms with van der Waals surface area (Å²) in [7, 11) is -1.47. The van der Waals surface area contributed by atoms with Gasteiger partial charge in [0.25, 0.3) is 18.4 Å². The summed E-state index contributed by atoms with van der Waals surface area (Å²) >= 11 is 1.54. The molecule has 7 aliphatic rings. The van der Waals surface area contributed by atoms with E-state index in [0.717, 1.165) is 124 Å². The minimum absolute atomic E-state index is 0.0203. The molecule has 1 aromatic rings. The van der Waals surface area contributed by atoms with Crippen LogP contribution in [0.5, 0.6) is 0 Å². The van der Waals surface area contributed by atoms with Gasteiger partial charge in [0.05, 0.1) is 23.9 Å². The molecule has 92 heavy (non-hydrogen) atoms. The molecular weight excluding hydrogens is 1200 g/mol. The summed E-state index contributed by atoms with van der Waals surface area (Å²) in [4.78, 5) is 64.7. The number of nitrogens with one attached hydrogen (secondary N) is 6. The van der Waals surface area contributed by atoms with Crippen molar-refractivity contribution in [2.45, 2.75) is 312 Å². The lowest BCUT2D eigenvalue weighted by Gasteiger charge is -2.32. The van der Waals surface area contributed by atoms with Crippen LogP contribution in [0.25, 0.3) is 4.85 Å². The Kier molecular flexibility index (Phi) is 39.0. The molecule has 0 aliphatic heterocycles. The van der Waals surface area contributed by atoms with Crippen molar-refractivity contribution in [2.24, 2.45) is 71.0 Å². The van der Waals surface area contributed by atoms with Crippen molar-refractivity contribution in [1.82, 2.24) is 36.3 Å². The van der Waals surface area contributed by atoms with Crippen LogP contribution >= 0.6 is 11.3 Å². The first-order valence-corrected chi connectivity index (χ1v) is 39.1. The lowest BCUT2D eigenvalue weighted by atomic mass is 9.79. The zero-order valence-electron chi connectivity index (χ0n) is 60.2. The van der Waals surface area contributed by atoms with E-state index in [2.05, 4.69) is 124 Å². The maximum absolute atomic E-state index is 11.9. The highest BCUT2D eigenvalue weighted by atomic mass is 32.2. The minimum Gasteiger partial charge on any atom is -0.380 e. The Bertz CT molecular complexity index is 2410. The fourth-order valence-electron chi connectivity index (χ4n) is 14.6. The van der Waals surface area contributed by atoms with Gasteiger partial charge < -0.3 is 41.3 Å². The van der Waals surface area contributed by atoms with Gasteiger partial charge in [-0.15, -0.1) is 11.3 Å². The van der Waals surface area contributed by atoms with Gasteiger partial charge in [0.1, 0.15) is 12.2 Å². The molecule has 7 fully saturated rings. The van der Waals surface area contributed by atoms with E-state index in [4.69, 9.17) is 11.3 Å². The van der Waals surface area contributed by atoms with Gasteiger partial charge >= 0.3 is 0 Å². The van der Waals surface area contributed by atoms with Crippen molar-refractivity contribution in [1.29, 1.82) is 0 Å². The fraction of sp³-hybridized carbons (Fsp3) is 0.877. The van der Waals surface area contributed by atoms with Crippen LogP contribution < -0.4 is 31.3 Å². The van der Waals surface area contributed by atoms with Crippen LogP contribution in [-0.4, -0.2) is 116 Å². The molecule has 0 spiro atoms. The Hall–Kier alpha value is -3.70. The predicted molar refractivity (Wildman–Crippen MR) is 376 cm³/mol. The molecular formula is C73H132N8O9S2. The number of hydrogen-bond donors (Lipinski definition) is 7. The first-order valence-electron chi connectivity index (χ1n) is 36.3. The minimum atomic E-state index is -3.02. The number of ether oxygens (including phenoxy) is 1. The number of amides is 5. The van der Waals surface area contributed by atoms with Gasteiger partial charge in [0.15, 0.2) is 0 Å². The van der Waals surface area contributed by atoms with E-state index < -0.39 is 15.6 Å². The smallest absolute Gasteiger partial charge is 0.300 e. The molecule has 0 saturated heterocycles. The average molecular weight is 1330 g/mol. The average Bonchev–Trinajstić information content (AvgIpc) is 1.72. The Labute approximate surface area is 563 Å². The van der Waals surface area contributed by atoms with Crippen molar-refractivity contribution < 1.29 is 42.2 Å². The second-order valence-electron chi connectivity index (χ2n) is 30.6. The first-order chi connectivity index (χ1) is 43.4. The van der Waals surface area contributed by atoms with Gasteiger partial charge in [0.2, 0.25) is 27.7 Å². The number of aromatic nitrogens is 1. The first kappa shape index (κ1) is 82.5. The van der Waals surface area contributed by atoms with Crippen LogP contribution in [0.4, 0.5) is 0 Å². The van der Waals surface area contributed by atoms with Gasteiger partial charge in [0, 0.05) is 55.2 Å². The topological polar surface area (TPSA) is 238 Å². The van der Waals surface area contributed by atoms with Gasteiger partial charge in [-0.2, -0.15) is 0 Å². The van der Waals surface area contributed by atoms with E-state index in [1.165, 1.54) is 89.7 Å². The molecule has 7 saturated carbocycles. The van der Waals surface area contributed by atoms with Crippen molar-refractivity contribution >= 4 is 50.9 Å². The molecule has 17 nitrogen and oxygen atoms in total. The molecule has 1 heterocycles. The molecule has 530 valence electrons. The van der Waals surface area contributed by atoms with E-state index in [9.17, 15) is 37.5 Å². The molecule has 8 rings (SSSR count). The summed E-state index contributed by atoms with van der Waals surface area (Å²) in [5.41, 5.74) is 1.65. The van der Waals surface area contributed by atoms with Crippen LogP contribution in [-0.2, 0) is 45.2 Å². The van der Waals surface area contributed by atoms with E-state index in [1.54, 1.807) is 24.0 Å². The maximum Gasteiger partial charge on any atom is 0.300 e. The zero-order valence-corrected chi connectivity index (χ0v) is 61.8. The number of sulfonamides is 1. The third-order valence-electron chi connectivity index (χ3n) is 20.9. The fourth-order valence-corrected chi connectivity index (χ4v) is 16.0. The summed E-state index contributed by atoms with van der Waals surface area (Å²) in [5, 5.41) is 26.9. The largest absolute Gasteiger partial charge is 0.380 e. The number of rotatable bonds is 20. The highest BCUT2D eigenvalue weighted by Crippen LogP contribution is 2.38. The number of aliphatic hydroxyl groups is 1. The Morgan fingerprint density at radius 1 is 0.543 bits per heavy atom. The van der Waals surface area contributed by atoms with Crippen LogP contribution in [0, 0.1) is 77.6 Å². The molecule has 0 bridgehead atoms. The summed E-state index contributed by atoms with van der Waals surface area (Å²) in [6, 6.07) is 1.96. The van der Waals surface area contributed by atoms with Gasteiger partial charge in [-0.3, -0.25) is 24.0 Å². The highest BCUT2D eigenvalue weighted by molar-refractivity contribution is 7.88. The molecule has 0 radical (unpaired) electrons. The zero-order chi connectivity index (χ0) is 68.6. The second kappa shape index (κ2) is 43.5. The van der Waals surface area contributed by atoms with Crippen LogP contribution in [0.15, 0.2) is 10.9 Å². The van der Waals surface area contributed by atoms with Gasteiger partial charge in [-0.1, -0.05) is 167 Å². The standard InChI is InChI=1S/C14H22N2OS.C13H23NO2.C12H20N2O.C12H23NO2.C12H23NO.C10H21NO2S/c1-10(2)11-4-3-5-12(6-11)16-14(17)7-13-8-18-9-15-13;1-9(2)10-4-3-5-11(8-10)14-12(15)13(16)6-7-13;1-9(2)10-5-4-6-11(7-10)14-12(15)8-13-3;1-9(2)10-5-4-6-11(7-10)13-12(14)8-15-3;1-4-12(14)13-11-7-5-6-10(8-11)9(2)3;1-8(2)9-5-4-6-10(7-9)11-14(3,12)13/h8-12H,3-7H2,1-2H3,(H,16,17);9-11,16H,3-8H2,1-2H3,(H,14,15);9-11H,4-8H2,1-2H3,(H,14,15);9-11H,4-8H2,1-3H3,(H,13,14);9-11H,4-8H2,1-3H3,(H,13,14);8-11H,4-7H2,1-3H3. The second-order valence-corrected chi connectivity index (χ2v) is 33.1. The lowest BCUT2D eigenvalue weighted by Crippen LogP contribution is -2.45. The van der Waals surface area contributed by atoms with E-state index >= 15 is 0 Å². The van der Waals surface area contributed by atoms with Crippen molar-refractivity contribution in [3.05, 3.63) is 28.0 Å². The molecule has 5 amide bonds. The van der Waals surface area contributed by atoms with E-state index in [-0.39, 0.29) is 48.7 Å². The quantitative estimate of drug-likeness (QED) is 0.0610. The third-order valence-corrected chi connectivity index (χ3v) is 22.3. The SMILES string of the molecule is CC(C)C1CCCC(NC(=O)C2(O)CC2)C1.CC(C)C1CCCC(NC(=O)Cc2cscn2)C1.CC(C)C1CCCC(NS(C)(=O)=O)C1.CCC(=O)NC1CCCC(C(C)C)C1.COCC(=O)NC1CCCC(C(C)C)C1.[C-]#[N+]CC(=O)NC1CCCC(C(C)C)C1. The third kappa shape index (κ3) is 34.3. The maximum atomic E-state index is 11.9. The van der Waals surface area contributed by atoms with Crippen molar-refractivity contribution in [2.75, 3.05) is 26.5 Å². The van der Waals surface area contributed by atoms with Crippen LogP contribution in [0.3, 0.4) is 0 Å². The van der Waals surface area contributed by atoms with Crippen LogP contribution in [0.1, 0.15) is 269 Å². The predicted octanol–water partition coefficient (Wildman–Crippen LogP) is 13.5. The summed E-state index contributed by atoms with van der Waals surface area (Å²) in [5.74, 6) is 8.87. The number of carbonyl (C=O) groups is 5. The molecule has 7 aliphatic carbocycles. The normalized spacial score (nSPS) is 27.7. The summed E-state index contributed by atoms with van der Waals surface area (Å²) in [6.45, 7) is 35.8. The highest BCUT2D eigenvalue weighted by Gasteiger charge is 2.48. The Morgan fingerprint density at radius 2 is 0.870 bits per heavy atom. The van der Waals surface area contributed by atoms with E-state index in [0.29, 0.717) is 79.6 Å². The molecule has 0 aromatic carbocycles. The summed E-state index contributed by atoms with van der Waals surface area (Å²) < 4.78 is 29.7. The lowest BCUT2D eigenvalue weighted by molar-refractivity contribution is -0.132. The van der Waals surface area contributed by atoms with Gasteiger partial charge in [-0.25, -0.2) is 24.7 Å². The number of nitrogens with zero attached hydrogens (tertiary/aromatic N) is 2. The van der Waals surface area contributed by atoms with Crippen molar-refractivity contribution in [3.63, 3.8) is 0 Å². The number of carbonyl (C=O) groups excluding carboxylic acids is 5. The molecule has 12 unspecified atom stereocenters. The molecule has 12 atom stereocenters. The molecule has 19 heteroatoms. The summed E-state index contributed by atoms with van der Waals surface area (Å²) in [6.07, 6.45) is 31.9. The van der Waals surface area contributed by atoms with Crippen LogP contribution in [0.2, 0.25) is 0 Å². The number of methoxy groups -OCH3 is 1. The molecule has 7 N–H and O–H groups in total. The Morgan fingerprint density at radius 3 is 1.17 bits per heavy atom. The molecule has 1 aromatic heterocycles. The number of thiazole rings is 1. The monoisotopic (exact) mass is 1330 g/mol. The van der Waals surface area contributed by atoms with Crippen molar-refractivity contribution in [3.8, 4) is 0 Å². The Balaban J connectivity index is 0.000000289. The van der Waals surface area contributed by atoms with E-state index in [1.807, 2.05) is 12.3 Å². The number of hydrogen-bond acceptors (Lipinski definition) is 11. The van der Waals surface area contributed by atoms with Gasteiger partial charge in [-0.05, 0) is 161 Å².